The molecule has 0 spiro atoms. The molecule has 6 nitrogen and oxygen atoms in total. The molecule has 6 heteroatoms. The molecule has 1 aliphatic heterocycles. The highest BCUT2D eigenvalue weighted by Crippen LogP contribution is 2.35. The van der Waals surface area contributed by atoms with E-state index in [2.05, 4.69) is 9.97 Å². The van der Waals surface area contributed by atoms with Crippen LogP contribution in [0.25, 0.3) is 5.82 Å². The van der Waals surface area contributed by atoms with E-state index in [4.69, 9.17) is 4.74 Å². The SMILES string of the molecule is Cc1ccc2c(c1)O[C@H](C)CN2C(=O)c1ccc(-n2ccnc2)nc1. The number of anilines is 1. The molecule has 126 valence electrons. The topological polar surface area (TPSA) is 60.2 Å². The number of amides is 1. The average molecular weight is 334 g/mol. The molecule has 3 heterocycles. The van der Waals surface area contributed by atoms with Crippen molar-refractivity contribution in [2.75, 3.05) is 11.4 Å². The van der Waals surface area contributed by atoms with Crippen molar-refractivity contribution in [1.29, 1.82) is 0 Å². The molecule has 4 rings (SSSR count). The molecule has 0 unspecified atom stereocenters. The maximum atomic E-state index is 13.0. The first-order chi connectivity index (χ1) is 12.1. The van der Waals surface area contributed by atoms with Gasteiger partial charge < -0.3 is 9.64 Å². The fourth-order valence-electron chi connectivity index (χ4n) is 2.96. The van der Waals surface area contributed by atoms with Gasteiger partial charge in [0.25, 0.3) is 5.91 Å². The van der Waals surface area contributed by atoms with Crippen LogP contribution in [0.2, 0.25) is 0 Å². The highest BCUT2D eigenvalue weighted by Gasteiger charge is 2.28. The number of benzene rings is 1. The molecule has 0 saturated carbocycles. The van der Waals surface area contributed by atoms with E-state index in [0.717, 1.165) is 22.8 Å². The minimum absolute atomic E-state index is 0.0589. The Balaban J connectivity index is 1.65. The second-order valence-electron chi connectivity index (χ2n) is 6.19. The van der Waals surface area contributed by atoms with Gasteiger partial charge >= 0.3 is 0 Å². The molecule has 0 fully saturated rings. The molecular formula is C19H18N4O2. The molecule has 0 bridgehead atoms. The Morgan fingerprint density at radius 2 is 2.16 bits per heavy atom. The van der Waals surface area contributed by atoms with E-state index < -0.39 is 0 Å². The van der Waals surface area contributed by atoms with Crippen LogP contribution in [0.15, 0.2) is 55.2 Å². The van der Waals surface area contributed by atoms with Gasteiger partial charge in [-0.25, -0.2) is 9.97 Å². The Bertz CT molecular complexity index is 904. The third kappa shape index (κ3) is 2.87. The van der Waals surface area contributed by atoms with E-state index in [1.165, 1.54) is 0 Å². The van der Waals surface area contributed by atoms with Gasteiger partial charge in [0.2, 0.25) is 0 Å². The van der Waals surface area contributed by atoms with Crippen LogP contribution in [-0.2, 0) is 0 Å². The van der Waals surface area contributed by atoms with Crippen molar-refractivity contribution < 1.29 is 9.53 Å². The summed E-state index contributed by atoms with van der Waals surface area (Å²) in [6, 6.07) is 9.49. The van der Waals surface area contributed by atoms with E-state index in [1.807, 2.05) is 44.3 Å². The van der Waals surface area contributed by atoms with Gasteiger partial charge in [-0.1, -0.05) is 6.07 Å². The Labute approximate surface area is 145 Å². The van der Waals surface area contributed by atoms with Crippen molar-refractivity contribution in [3.8, 4) is 11.6 Å². The Morgan fingerprint density at radius 1 is 1.28 bits per heavy atom. The Morgan fingerprint density at radius 3 is 2.88 bits per heavy atom. The van der Waals surface area contributed by atoms with Crippen LogP contribution in [0.4, 0.5) is 5.69 Å². The quantitative estimate of drug-likeness (QED) is 0.723. The summed E-state index contributed by atoms with van der Waals surface area (Å²) in [4.78, 5) is 23.1. The summed E-state index contributed by atoms with van der Waals surface area (Å²) >= 11 is 0. The lowest BCUT2D eigenvalue weighted by Gasteiger charge is -2.33. The number of rotatable bonds is 2. The number of nitrogens with zero attached hydrogens (tertiary/aromatic N) is 4. The molecule has 1 aliphatic rings. The third-order valence-corrected chi connectivity index (χ3v) is 4.18. The van der Waals surface area contributed by atoms with Crippen LogP contribution in [0.1, 0.15) is 22.8 Å². The van der Waals surface area contributed by atoms with E-state index in [1.54, 1.807) is 34.3 Å². The number of aromatic nitrogens is 3. The maximum Gasteiger partial charge on any atom is 0.260 e. The first-order valence-electron chi connectivity index (χ1n) is 8.15. The van der Waals surface area contributed by atoms with Crippen LogP contribution in [0.5, 0.6) is 5.75 Å². The van der Waals surface area contributed by atoms with Crippen molar-refractivity contribution in [2.24, 2.45) is 0 Å². The van der Waals surface area contributed by atoms with E-state index in [-0.39, 0.29) is 12.0 Å². The van der Waals surface area contributed by atoms with Crippen molar-refractivity contribution in [3.05, 3.63) is 66.4 Å². The molecular weight excluding hydrogens is 316 g/mol. The lowest BCUT2D eigenvalue weighted by atomic mass is 10.1. The summed E-state index contributed by atoms with van der Waals surface area (Å²) in [6.07, 6.45) is 6.72. The van der Waals surface area contributed by atoms with E-state index >= 15 is 0 Å². The molecule has 0 radical (unpaired) electrons. The highest BCUT2D eigenvalue weighted by atomic mass is 16.5. The van der Waals surface area contributed by atoms with E-state index in [9.17, 15) is 4.79 Å². The van der Waals surface area contributed by atoms with Crippen LogP contribution in [-0.4, -0.2) is 33.1 Å². The number of carbonyl (C=O) groups excluding carboxylic acids is 1. The summed E-state index contributed by atoms with van der Waals surface area (Å²) in [5.74, 6) is 1.39. The van der Waals surface area contributed by atoms with Gasteiger partial charge in [0.1, 0.15) is 24.0 Å². The summed E-state index contributed by atoms with van der Waals surface area (Å²) in [6.45, 7) is 4.48. The number of hydrogen-bond donors (Lipinski definition) is 0. The van der Waals surface area contributed by atoms with Crippen LogP contribution in [0.3, 0.4) is 0 Å². The zero-order valence-electron chi connectivity index (χ0n) is 14.1. The Kier molecular flexibility index (Phi) is 3.72. The van der Waals surface area contributed by atoms with Gasteiger partial charge in [-0.05, 0) is 43.7 Å². The highest BCUT2D eigenvalue weighted by molar-refractivity contribution is 6.07. The minimum atomic E-state index is -0.0788. The molecule has 25 heavy (non-hydrogen) atoms. The normalized spacial score (nSPS) is 16.2. The lowest BCUT2D eigenvalue weighted by molar-refractivity contribution is 0.0960. The third-order valence-electron chi connectivity index (χ3n) is 4.18. The average Bonchev–Trinajstić information content (AvgIpc) is 3.15. The van der Waals surface area contributed by atoms with Gasteiger partial charge in [-0.15, -0.1) is 0 Å². The zero-order valence-corrected chi connectivity index (χ0v) is 14.1. The van der Waals surface area contributed by atoms with E-state index in [0.29, 0.717) is 12.1 Å². The summed E-state index contributed by atoms with van der Waals surface area (Å²) < 4.78 is 7.67. The van der Waals surface area contributed by atoms with Gasteiger partial charge in [0, 0.05) is 18.6 Å². The molecule has 0 saturated heterocycles. The summed E-state index contributed by atoms with van der Waals surface area (Å²) in [5, 5.41) is 0. The van der Waals surface area contributed by atoms with Crippen molar-refractivity contribution in [3.63, 3.8) is 0 Å². The van der Waals surface area contributed by atoms with Crippen LogP contribution < -0.4 is 9.64 Å². The molecule has 0 aliphatic carbocycles. The number of pyridine rings is 1. The number of imidazole rings is 1. The minimum Gasteiger partial charge on any atom is -0.487 e. The molecule has 1 aromatic carbocycles. The van der Waals surface area contributed by atoms with Crippen molar-refractivity contribution in [2.45, 2.75) is 20.0 Å². The molecule has 0 N–H and O–H groups in total. The summed E-state index contributed by atoms with van der Waals surface area (Å²) in [7, 11) is 0. The zero-order chi connectivity index (χ0) is 17.4. The first kappa shape index (κ1) is 15.4. The number of carbonyl (C=O) groups is 1. The second kappa shape index (κ2) is 6.05. The smallest absolute Gasteiger partial charge is 0.260 e. The molecule has 1 amide bonds. The van der Waals surface area contributed by atoms with Gasteiger partial charge in [-0.2, -0.15) is 0 Å². The van der Waals surface area contributed by atoms with Gasteiger partial charge in [-0.3, -0.25) is 9.36 Å². The lowest BCUT2D eigenvalue weighted by Crippen LogP contribution is -2.42. The fraction of sp³-hybridized carbons (Fsp3) is 0.211. The second-order valence-corrected chi connectivity index (χ2v) is 6.19. The predicted octanol–water partition coefficient (Wildman–Crippen LogP) is 3.00. The monoisotopic (exact) mass is 334 g/mol. The summed E-state index contributed by atoms with van der Waals surface area (Å²) in [5.41, 5.74) is 2.45. The van der Waals surface area contributed by atoms with Gasteiger partial charge in [0.05, 0.1) is 17.8 Å². The standard InChI is InChI=1S/C19H18N4O2/c1-13-3-5-16-17(9-13)25-14(2)11-23(16)19(24)15-4-6-18(21-10-15)22-8-7-20-12-22/h3-10,12,14H,11H2,1-2H3/t14-/m1/s1. The number of fused-ring (bicyclic) bond motifs is 1. The molecule has 2 aromatic heterocycles. The number of aryl methyl sites for hydroxylation is 1. The van der Waals surface area contributed by atoms with Crippen molar-refractivity contribution in [1.82, 2.24) is 14.5 Å². The van der Waals surface area contributed by atoms with Crippen LogP contribution >= 0.6 is 0 Å². The number of ether oxygens (including phenoxy) is 1. The Hall–Kier alpha value is -3.15. The number of hydrogen-bond acceptors (Lipinski definition) is 4. The predicted molar refractivity (Wildman–Crippen MR) is 94.3 cm³/mol. The maximum absolute atomic E-state index is 13.0. The largest absolute Gasteiger partial charge is 0.487 e. The molecule has 1 atom stereocenters. The molecule has 3 aromatic rings. The van der Waals surface area contributed by atoms with Crippen LogP contribution in [0, 0.1) is 6.92 Å². The van der Waals surface area contributed by atoms with Gasteiger partial charge in [0.15, 0.2) is 0 Å². The first-order valence-corrected chi connectivity index (χ1v) is 8.15. The van der Waals surface area contributed by atoms with Crippen molar-refractivity contribution >= 4 is 11.6 Å². The fourth-order valence-corrected chi connectivity index (χ4v) is 2.96.